The zero-order valence-electron chi connectivity index (χ0n) is 27.0. The molecule has 1 rings (SSSR count). The molecule has 0 aliphatic carbocycles. The third-order valence-electron chi connectivity index (χ3n) is 7.63. The number of phosphoric acid groups is 1. The van der Waals surface area contributed by atoms with Gasteiger partial charge in [0.05, 0.1) is 21.1 Å². The maximum absolute atomic E-state index is 12.5. The Labute approximate surface area is 257 Å². The molecule has 8 nitrogen and oxygen atoms in total. The fourth-order valence-corrected chi connectivity index (χ4v) is 6.34. The second kappa shape index (κ2) is 22.3. The standard InChI is InChI=1S/C33H62N3O5P/c1-36(2,3)30-33(41-42(38,39)40,35-32(37)27-23-29-34)28-22-17-15-13-11-9-7-5-4-6-8-10-12-14-16-19-24-31-25-20-18-21-26-31/h18,20-21,25-26H,4-17,19,22-24,27-30,34H2,1-3H3,(H2-,35,37,38,39,40). The van der Waals surface area contributed by atoms with Gasteiger partial charge in [0.2, 0.25) is 5.91 Å². The Morgan fingerprint density at radius 3 is 1.71 bits per heavy atom. The quantitative estimate of drug-likeness (QED) is 0.0446. The number of rotatable bonds is 27. The third-order valence-corrected chi connectivity index (χ3v) is 8.21. The molecule has 1 aromatic carbocycles. The molecule has 0 spiro atoms. The molecule has 0 aliphatic rings. The number of amides is 1. The molecule has 42 heavy (non-hydrogen) atoms. The van der Waals surface area contributed by atoms with Crippen LogP contribution in [0.1, 0.15) is 128 Å². The smallest absolute Gasteiger partial charge is 0.267 e. The number of nitrogens with zero attached hydrogens (tertiary/aromatic N) is 1. The first-order valence-electron chi connectivity index (χ1n) is 16.5. The minimum absolute atomic E-state index is 0.183. The van der Waals surface area contributed by atoms with Crippen molar-refractivity contribution in [1.82, 2.24) is 5.32 Å². The van der Waals surface area contributed by atoms with Crippen LogP contribution in [-0.4, -0.2) is 55.2 Å². The molecule has 0 saturated carbocycles. The van der Waals surface area contributed by atoms with Gasteiger partial charge in [-0.25, -0.2) is 0 Å². The van der Waals surface area contributed by atoms with Crippen LogP contribution in [0.3, 0.4) is 0 Å². The van der Waals surface area contributed by atoms with Crippen molar-refractivity contribution in [1.29, 1.82) is 0 Å². The van der Waals surface area contributed by atoms with Gasteiger partial charge < -0.3 is 25.3 Å². The Morgan fingerprint density at radius 1 is 0.833 bits per heavy atom. The van der Waals surface area contributed by atoms with E-state index in [0.29, 0.717) is 30.3 Å². The van der Waals surface area contributed by atoms with Crippen LogP contribution >= 0.6 is 7.82 Å². The molecule has 4 N–H and O–H groups in total. The predicted octanol–water partition coefficient (Wildman–Crippen LogP) is 6.60. The first kappa shape index (κ1) is 38.7. The van der Waals surface area contributed by atoms with Crippen LogP contribution in [0.25, 0.3) is 0 Å². The molecule has 9 heteroatoms. The summed E-state index contributed by atoms with van der Waals surface area (Å²) in [5.74, 6) is -0.322. The second-order valence-electron chi connectivity index (χ2n) is 13.1. The van der Waals surface area contributed by atoms with Crippen LogP contribution in [0, 0.1) is 0 Å². The Morgan fingerprint density at radius 2 is 1.29 bits per heavy atom. The average molecular weight is 612 g/mol. The van der Waals surface area contributed by atoms with Gasteiger partial charge in [0.15, 0.2) is 5.72 Å². The Hall–Kier alpha value is -1.28. The number of carbonyl (C=O) groups excluding carboxylic acids is 1. The Balaban J connectivity index is 2.13. The lowest BCUT2D eigenvalue weighted by Gasteiger charge is -2.41. The minimum atomic E-state index is -5.06. The van der Waals surface area contributed by atoms with Gasteiger partial charge in [0, 0.05) is 12.8 Å². The lowest BCUT2D eigenvalue weighted by molar-refractivity contribution is -0.877. The van der Waals surface area contributed by atoms with Crippen molar-refractivity contribution >= 4 is 13.7 Å². The number of nitrogens with one attached hydrogen (secondary N) is 1. The third kappa shape index (κ3) is 22.3. The number of benzene rings is 1. The van der Waals surface area contributed by atoms with Crippen molar-refractivity contribution in [2.45, 2.75) is 134 Å². The molecule has 1 amide bonds. The van der Waals surface area contributed by atoms with E-state index in [1.165, 1.54) is 89.0 Å². The van der Waals surface area contributed by atoms with Crippen molar-refractivity contribution in [3.8, 4) is 0 Å². The van der Waals surface area contributed by atoms with Crippen LogP contribution in [0.5, 0.6) is 0 Å². The lowest BCUT2D eigenvalue weighted by atomic mass is 10.0. The topological polar surface area (TPSA) is 125 Å². The van der Waals surface area contributed by atoms with Crippen molar-refractivity contribution in [3.05, 3.63) is 35.9 Å². The van der Waals surface area contributed by atoms with E-state index in [2.05, 4.69) is 35.6 Å². The fourth-order valence-electron chi connectivity index (χ4n) is 5.70. The van der Waals surface area contributed by atoms with E-state index in [9.17, 15) is 19.1 Å². The molecule has 0 bridgehead atoms. The van der Waals surface area contributed by atoms with Gasteiger partial charge in [0.1, 0.15) is 6.54 Å². The minimum Gasteiger partial charge on any atom is -0.756 e. The summed E-state index contributed by atoms with van der Waals surface area (Å²) in [5.41, 5.74) is 5.50. The highest BCUT2D eigenvalue weighted by Crippen LogP contribution is 2.39. The Bertz CT molecular complexity index is 859. The number of nitrogens with two attached hydrogens (primary N) is 1. The van der Waals surface area contributed by atoms with Crippen LogP contribution in [-0.2, 0) is 20.3 Å². The van der Waals surface area contributed by atoms with Gasteiger partial charge in [0.25, 0.3) is 7.82 Å². The van der Waals surface area contributed by atoms with Crippen molar-refractivity contribution in [2.24, 2.45) is 5.73 Å². The van der Waals surface area contributed by atoms with Crippen LogP contribution in [0.15, 0.2) is 30.3 Å². The maximum Gasteiger partial charge on any atom is 0.267 e. The highest BCUT2D eigenvalue weighted by atomic mass is 31.2. The summed E-state index contributed by atoms with van der Waals surface area (Å²) >= 11 is 0. The SMILES string of the molecule is C[N+](C)(C)CC(CCCCCCCCCCCCCCCCCCc1ccccc1)(NC(=O)CCCN)OP(=O)([O-])O. The zero-order valence-corrected chi connectivity index (χ0v) is 27.9. The van der Waals surface area contributed by atoms with Crippen molar-refractivity contribution in [3.63, 3.8) is 0 Å². The van der Waals surface area contributed by atoms with Gasteiger partial charge >= 0.3 is 0 Å². The van der Waals surface area contributed by atoms with E-state index in [0.717, 1.165) is 19.3 Å². The number of phosphoric ester groups is 1. The molecule has 0 aliphatic heterocycles. The number of quaternary nitrogens is 1. The van der Waals surface area contributed by atoms with E-state index < -0.39 is 13.5 Å². The molecule has 0 radical (unpaired) electrons. The highest BCUT2D eigenvalue weighted by Gasteiger charge is 2.40. The fraction of sp³-hybridized carbons (Fsp3) is 0.788. The molecule has 0 aromatic heterocycles. The largest absolute Gasteiger partial charge is 0.756 e. The molecule has 2 unspecified atom stereocenters. The number of likely N-dealkylation sites (N-methyl/N-ethyl adjacent to an activating group) is 1. The number of hydrogen-bond donors (Lipinski definition) is 3. The van der Waals surface area contributed by atoms with Gasteiger partial charge in [-0.05, 0) is 37.8 Å². The summed E-state index contributed by atoms with van der Waals surface area (Å²) in [6, 6.07) is 10.8. The molecule has 1 aromatic rings. The normalized spacial score (nSPS) is 14.8. The summed E-state index contributed by atoms with van der Waals surface area (Å²) in [6.45, 7) is 0.579. The van der Waals surface area contributed by atoms with Gasteiger partial charge in [-0.1, -0.05) is 120 Å². The number of hydrogen-bond acceptors (Lipinski definition) is 5. The van der Waals surface area contributed by atoms with E-state index in [1.807, 2.05) is 21.1 Å². The van der Waals surface area contributed by atoms with Crippen LogP contribution in [0.4, 0.5) is 0 Å². The monoisotopic (exact) mass is 611 g/mol. The van der Waals surface area contributed by atoms with Crippen LogP contribution in [0.2, 0.25) is 0 Å². The van der Waals surface area contributed by atoms with E-state index in [-0.39, 0.29) is 18.9 Å². The highest BCUT2D eigenvalue weighted by molar-refractivity contribution is 7.44. The zero-order chi connectivity index (χ0) is 31.2. The van der Waals surface area contributed by atoms with E-state index >= 15 is 0 Å². The van der Waals surface area contributed by atoms with E-state index in [1.54, 1.807) is 0 Å². The second-order valence-corrected chi connectivity index (χ2v) is 14.2. The molecule has 0 saturated heterocycles. The first-order chi connectivity index (χ1) is 19.9. The van der Waals surface area contributed by atoms with Crippen LogP contribution < -0.4 is 15.9 Å². The molecular formula is C33H62N3O5P. The lowest BCUT2D eigenvalue weighted by Crippen LogP contribution is -2.60. The van der Waals surface area contributed by atoms with Gasteiger partial charge in [-0.3, -0.25) is 13.9 Å². The summed E-state index contributed by atoms with van der Waals surface area (Å²) in [6.07, 6.45) is 21.9. The first-order valence-corrected chi connectivity index (χ1v) is 18.0. The average Bonchev–Trinajstić information content (AvgIpc) is 2.89. The predicted molar refractivity (Wildman–Crippen MR) is 172 cm³/mol. The summed E-state index contributed by atoms with van der Waals surface area (Å²) in [4.78, 5) is 33.7. The molecular weight excluding hydrogens is 549 g/mol. The summed E-state index contributed by atoms with van der Waals surface area (Å²) in [7, 11) is 0.629. The molecule has 244 valence electrons. The Kier molecular flexibility index (Phi) is 20.5. The maximum atomic E-state index is 12.5. The summed E-state index contributed by atoms with van der Waals surface area (Å²) < 4.78 is 17.3. The van der Waals surface area contributed by atoms with E-state index in [4.69, 9.17) is 10.3 Å². The molecule has 2 atom stereocenters. The molecule has 0 fully saturated rings. The number of carbonyl (C=O) groups is 1. The van der Waals surface area contributed by atoms with Crippen molar-refractivity contribution in [2.75, 3.05) is 34.2 Å². The van der Waals surface area contributed by atoms with Gasteiger partial charge in [-0.2, -0.15) is 0 Å². The molecule has 0 heterocycles. The number of aryl methyl sites for hydroxylation is 1. The number of unbranched alkanes of at least 4 members (excludes halogenated alkanes) is 15. The summed E-state index contributed by atoms with van der Waals surface area (Å²) in [5, 5.41) is 2.77. The van der Waals surface area contributed by atoms with Gasteiger partial charge in [-0.15, -0.1) is 0 Å². The van der Waals surface area contributed by atoms with Crippen molar-refractivity contribution < 1.29 is 28.2 Å².